The molecule has 0 bridgehead atoms. The first-order valence-corrected chi connectivity index (χ1v) is 7.59. The maximum Gasteiger partial charge on any atom is 0.326 e. The third-order valence-electron chi connectivity index (χ3n) is 3.98. The number of carbonyl (C=O) groups excluding carboxylic acids is 1. The molecule has 1 aliphatic rings. The number of aromatic nitrogens is 1. The molecule has 0 saturated carbocycles. The SMILES string of the molecule is O=C(N[C@@H](Cc1ccc2ccccc2n1)C(=O)O)[C@H]1CCOC1. The largest absolute Gasteiger partial charge is 0.480 e. The number of pyridine rings is 1. The second-order valence-electron chi connectivity index (χ2n) is 5.66. The number of hydrogen-bond acceptors (Lipinski definition) is 4. The Morgan fingerprint density at radius 1 is 1.30 bits per heavy atom. The van der Waals surface area contributed by atoms with Crippen LogP contribution in [0.15, 0.2) is 36.4 Å². The zero-order chi connectivity index (χ0) is 16.2. The first kappa shape index (κ1) is 15.4. The number of nitrogens with one attached hydrogen (secondary N) is 1. The summed E-state index contributed by atoms with van der Waals surface area (Å²) in [6, 6.07) is 10.3. The van der Waals surface area contributed by atoms with Gasteiger partial charge < -0.3 is 15.2 Å². The third-order valence-corrected chi connectivity index (χ3v) is 3.98. The molecule has 3 rings (SSSR count). The van der Waals surface area contributed by atoms with Gasteiger partial charge in [-0.05, 0) is 18.6 Å². The van der Waals surface area contributed by atoms with Crippen molar-refractivity contribution in [2.75, 3.05) is 13.2 Å². The number of nitrogens with zero attached hydrogens (tertiary/aromatic N) is 1. The minimum Gasteiger partial charge on any atom is -0.480 e. The lowest BCUT2D eigenvalue weighted by Gasteiger charge is -2.16. The molecule has 1 aliphatic heterocycles. The summed E-state index contributed by atoms with van der Waals surface area (Å²) in [6.07, 6.45) is 0.784. The van der Waals surface area contributed by atoms with Gasteiger partial charge in [0.1, 0.15) is 6.04 Å². The van der Waals surface area contributed by atoms with Crippen LogP contribution < -0.4 is 5.32 Å². The molecule has 23 heavy (non-hydrogen) atoms. The molecule has 0 unspecified atom stereocenters. The normalized spacial score (nSPS) is 18.7. The number of amides is 1. The van der Waals surface area contributed by atoms with Crippen molar-refractivity contribution in [3.8, 4) is 0 Å². The van der Waals surface area contributed by atoms with E-state index in [1.807, 2.05) is 30.3 Å². The number of rotatable bonds is 5. The summed E-state index contributed by atoms with van der Waals surface area (Å²) in [6.45, 7) is 0.897. The first-order chi connectivity index (χ1) is 11.1. The van der Waals surface area contributed by atoms with Crippen LogP contribution in [0.25, 0.3) is 10.9 Å². The van der Waals surface area contributed by atoms with Crippen LogP contribution in [0.5, 0.6) is 0 Å². The molecule has 1 aromatic heterocycles. The molecule has 1 saturated heterocycles. The summed E-state index contributed by atoms with van der Waals surface area (Å²) >= 11 is 0. The van der Waals surface area contributed by atoms with Crippen molar-refractivity contribution in [3.05, 3.63) is 42.1 Å². The van der Waals surface area contributed by atoms with Crippen LogP contribution in [0, 0.1) is 5.92 Å². The van der Waals surface area contributed by atoms with Gasteiger partial charge in [-0.15, -0.1) is 0 Å². The predicted octanol–water partition coefficient (Wildman–Crippen LogP) is 1.38. The number of aliphatic carboxylic acids is 1. The van der Waals surface area contributed by atoms with E-state index in [0.717, 1.165) is 10.9 Å². The lowest BCUT2D eigenvalue weighted by molar-refractivity contribution is -0.142. The molecule has 2 aromatic rings. The molecule has 1 fully saturated rings. The zero-order valence-corrected chi connectivity index (χ0v) is 12.6. The highest BCUT2D eigenvalue weighted by atomic mass is 16.5. The van der Waals surface area contributed by atoms with E-state index >= 15 is 0 Å². The van der Waals surface area contributed by atoms with Crippen molar-refractivity contribution < 1.29 is 19.4 Å². The first-order valence-electron chi connectivity index (χ1n) is 7.59. The van der Waals surface area contributed by atoms with Crippen LogP contribution in [0.3, 0.4) is 0 Å². The van der Waals surface area contributed by atoms with Gasteiger partial charge in [-0.1, -0.05) is 24.3 Å². The van der Waals surface area contributed by atoms with Crippen LogP contribution in [-0.2, 0) is 20.7 Å². The van der Waals surface area contributed by atoms with Gasteiger partial charge in [-0.2, -0.15) is 0 Å². The molecular weight excluding hydrogens is 296 g/mol. The van der Waals surface area contributed by atoms with Crippen molar-refractivity contribution in [1.82, 2.24) is 10.3 Å². The lowest BCUT2D eigenvalue weighted by Crippen LogP contribution is -2.45. The number of benzene rings is 1. The Bertz CT molecular complexity index is 725. The number of para-hydroxylation sites is 1. The van der Waals surface area contributed by atoms with Crippen molar-refractivity contribution in [2.45, 2.75) is 18.9 Å². The molecule has 1 amide bonds. The fraction of sp³-hybridized carbons (Fsp3) is 0.353. The van der Waals surface area contributed by atoms with Crippen molar-refractivity contribution >= 4 is 22.8 Å². The van der Waals surface area contributed by atoms with E-state index in [1.165, 1.54) is 0 Å². The van der Waals surface area contributed by atoms with Gasteiger partial charge in [0.2, 0.25) is 5.91 Å². The average Bonchev–Trinajstić information content (AvgIpc) is 3.08. The van der Waals surface area contributed by atoms with Crippen LogP contribution in [-0.4, -0.2) is 41.2 Å². The van der Waals surface area contributed by atoms with Gasteiger partial charge >= 0.3 is 5.97 Å². The highest BCUT2D eigenvalue weighted by Gasteiger charge is 2.28. The summed E-state index contributed by atoms with van der Waals surface area (Å²) < 4.78 is 5.17. The van der Waals surface area contributed by atoms with Gasteiger partial charge in [-0.25, -0.2) is 4.79 Å². The van der Waals surface area contributed by atoms with E-state index in [2.05, 4.69) is 10.3 Å². The van der Waals surface area contributed by atoms with Gasteiger partial charge in [0.15, 0.2) is 0 Å². The van der Waals surface area contributed by atoms with E-state index in [-0.39, 0.29) is 18.2 Å². The maximum absolute atomic E-state index is 12.1. The molecule has 6 heteroatoms. The summed E-state index contributed by atoms with van der Waals surface area (Å²) in [4.78, 5) is 28.0. The smallest absolute Gasteiger partial charge is 0.326 e. The van der Waals surface area contributed by atoms with E-state index in [1.54, 1.807) is 6.07 Å². The molecule has 1 aromatic carbocycles. The number of hydrogen-bond donors (Lipinski definition) is 2. The molecule has 0 aliphatic carbocycles. The average molecular weight is 314 g/mol. The number of fused-ring (bicyclic) bond motifs is 1. The molecule has 0 radical (unpaired) electrons. The molecule has 2 atom stereocenters. The Hall–Kier alpha value is -2.47. The minimum absolute atomic E-state index is 0.152. The Morgan fingerprint density at radius 2 is 2.13 bits per heavy atom. The molecule has 2 N–H and O–H groups in total. The Kier molecular flexibility index (Phi) is 4.52. The summed E-state index contributed by atoms with van der Waals surface area (Å²) in [5.74, 6) is -1.59. The summed E-state index contributed by atoms with van der Waals surface area (Å²) in [7, 11) is 0. The van der Waals surface area contributed by atoms with Crippen LogP contribution in [0.1, 0.15) is 12.1 Å². The number of ether oxygens (including phenoxy) is 1. The number of carbonyl (C=O) groups is 2. The van der Waals surface area contributed by atoms with E-state index in [4.69, 9.17) is 4.74 Å². The van der Waals surface area contributed by atoms with Crippen LogP contribution in [0.4, 0.5) is 0 Å². The number of carboxylic acids is 1. The van der Waals surface area contributed by atoms with Crippen LogP contribution >= 0.6 is 0 Å². The Balaban J connectivity index is 1.72. The predicted molar refractivity (Wildman–Crippen MR) is 83.9 cm³/mol. The minimum atomic E-state index is -1.06. The third kappa shape index (κ3) is 3.65. The Morgan fingerprint density at radius 3 is 2.87 bits per heavy atom. The molecule has 120 valence electrons. The number of carboxylic acid groups (broad SMARTS) is 1. The molecule has 0 spiro atoms. The van der Waals surface area contributed by atoms with Gasteiger partial charge in [0.25, 0.3) is 0 Å². The van der Waals surface area contributed by atoms with E-state index in [9.17, 15) is 14.7 Å². The molecular formula is C17H18N2O4. The second-order valence-corrected chi connectivity index (χ2v) is 5.66. The second kappa shape index (κ2) is 6.75. The maximum atomic E-state index is 12.1. The zero-order valence-electron chi connectivity index (χ0n) is 12.6. The standard InChI is InChI=1S/C17H18N2O4/c20-16(12-7-8-23-10-12)19-15(17(21)22)9-13-6-5-11-3-1-2-4-14(11)18-13/h1-6,12,15H,7-10H2,(H,19,20)(H,21,22)/t12-,15-/m0/s1. The monoisotopic (exact) mass is 314 g/mol. The highest BCUT2D eigenvalue weighted by molar-refractivity contribution is 5.85. The highest BCUT2D eigenvalue weighted by Crippen LogP contribution is 2.15. The van der Waals surface area contributed by atoms with E-state index in [0.29, 0.717) is 25.3 Å². The summed E-state index contributed by atoms with van der Waals surface area (Å²) in [5.41, 5.74) is 1.45. The van der Waals surface area contributed by atoms with E-state index < -0.39 is 12.0 Å². The fourth-order valence-corrected chi connectivity index (χ4v) is 2.66. The van der Waals surface area contributed by atoms with Crippen molar-refractivity contribution in [2.24, 2.45) is 5.92 Å². The fourth-order valence-electron chi connectivity index (χ4n) is 2.66. The van der Waals surface area contributed by atoms with Crippen molar-refractivity contribution in [3.63, 3.8) is 0 Å². The quantitative estimate of drug-likeness (QED) is 0.870. The lowest BCUT2D eigenvalue weighted by atomic mass is 10.1. The van der Waals surface area contributed by atoms with Crippen LogP contribution in [0.2, 0.25) is 0 Å². The van der Waals surface area contributed by atoms with Gasteiger partial charge in [-0.3, -0.25) is 9.78 Å². The van der Waals surface area contributed by atoms with Crippen molar-refractivity contribution in [1.29, 1.82) is 0 Å². The summed E-state index contributed by atoms with van der Waals surface area (Å²) in [5, 5.41) is 13.0. The van der Waals surface area contributed by atoms with Gasteiger partial charge in [0, 0.05) is 24.1 Å². The molecule has 6 nitrogen and oxygen atoms in total. The topological polar surface area (TPSA) is 88.5 Å². The molecule has 2 heterocycles. The van der Waals surface area contributed by atoms with Gasteiger partial charge in [0.05, 0.1) is 18.0 Å². The Labute approximate surface area is 133 Å².